The number of hydrogen-bond donors (Lipinski definition) is 1. The quantitative estimate of drug-likeness (QED) is 0.617. The van der Waals surface area contributed by atoms with Crippen LogP contribution in [0.5, 0.6) is 11.5 Å². The highest BCUT2D eigenvalue weighted by molar-refractivity contribution is 8.00. The monoisotopic (exact) mass is 423 g/mol. The number of carbonyl (C=O) groups excluding carboxylic acids is 1. The summed E-state index contributed by atoms with van der Waals surface area (Å²) in [4.78, 5) is 12.8. The first-order chi connectivity index (χ1) is 14.7. The third kappa shape index (κ3) is 3.75. The summed E-state index contributed by atoms with van der Waals surface area (Å²) in [6.07, 6.45) is 3.10. The fourth-order valence-corrected chi connectivity index (χ4v) is 4.49. The van der Waals surface area contributed by atoms with Gasteiger partial charge in [0.2, 0.25) is 18.6 Å². The maximum atomic E-state index is 12.8. The van der Waals surface area contributed by atoms with Crippen LogP contribution in [0, 0.1) is 0 Å². The van der Waals surface area contributed by atoms with Crippen molar-refractivity contribution in [3.63, 3.8) is 0 Å². The molecule has 0 saturated heterocycles. The SMILES string of the molecule is C[C@H](Sc1nnc(-c2ccc3c(c2)OCO3)o1)C(=O)N[C@@H]1CCCc2ccccc21. The Morgan fingerprint density at radius 2 is 2.03 bits per heavy atom. The van der Waals surface area contributed by atoms with Crippen molar-refractivity contribution in [2.45, 2.75) is 42.7 Å². The molecule has 1 N–H and O–H groups in total. The van der Waals surface area contributed by atoms with Crippen molar-refractivity contribution in [3.8, 4) is 23.0 Å². The van der Waals surface area contributed by atoms with E-state index in [1.165, 1.54) is 22.9 Å². The van der Waals surface area contributed by atoms with E-state index in [9.17, 15) is 4.79 Å². The average molecular weight is 423 g/mol. The minimum absolute atomic E-state index is 0.0375. The van der Waals surface area contributed by atoms with Crippen LogP contribution < -0.4 is 14.8 Å². The van der Waals surface area contributed by atoms with Crippen LogP contribution in [0.1, 0.15) is 36.9 Å². The number of thioether (sulfide) groups is 1. The first-order valence-corrected chi connectivity index (χ1v) is 10.8. The number of ether oxygens (including phenoxy) is 2. The number of benzene rings is 2. The van der Waals surface area contributed by atoms with Gasteiger partial charge in [0, 0.05) is 5.56 Å². The standard InChI is InChI=1S/C22H21N3O4S/c1-13(20(26)23-17-8-4-6-14-5-2-3-7-16(14)17)30-22-25-24-21(29-22)15-9-10-18-19(11-15)28-12-27-18/h2-3,5,7,9-11,13,17H,4,6,8,12H2,1H3,(H,23,26)/t13-,17+/m0/s1. The molecule has 0 saturated carbocycles. The minimum atomic E-state index is -0.357. The summed E-state index contributed by atoms with van der Waals surface area (Å²) in [5.41, 5.74) is 3.28. The zero-order valence-electron chi connectivity index (χ0n) is 16.5. The minimum Gasteiger partial charge on any atom is -0.454 e. The molecule has 0 unspecified atom stereocenters. The first kappa shape index (κ1) is 19.0. The Morgan fingerprint density at radius 1 is 1.17 bits per heavy atom. The van der Waals surface area contributed by atoms with Crippen molar-refractivity contribution in [2.24, 2.45) is 0 Å². The number of rotatable bonds is 5. The van der Waals surface area contributed by atoms with Gasteiger partial charge in [0.25, 0.3) is 5.22 Å². The predicted octanol–water partition coefficient (Wildman–Crippen LogP) is 4.14. The van der Waals surface area contributed by atoms with Crippen molar-refractivity contribution in [3.05, 3.63) is 53.6 Å². The largest absolute Gasteiger partial charge is 0.454 e. The Balaban J connectivity index is 1.24. The van der Waals surface area contributed by atoms with Gasteiger partial charge in [-0.1, -0.05) is 36.0 Å². The molecule has 0 bridgehead atoms. The van der Waals surface area contributed by atoms with Gasteiger partial charge in [-0.2, -0.15) is 0 Å². The number of aryl methyl sites for hydroxylation is 1. The Hall–Kier alpha value is -3.00. The summed E-state index contributed by atoms with van der Waals surface area (Å²) >= 11 is 1.25. The van der Waals surface area contributed by atoms with E-state index in [0.717, 1.165) is 24.8 Å². The van der Waals surface area contributed by atoms with E-state index in [2.05, 4.69) is 33.7 Å². The molecule has 2 aliphatic rings. The van der Waals surface area contributed by atoms with E-state index in [4.69, 9.17) is 13.9 Å². The number of fused-ring (bicyclic) bond motifs is 2. The lowest BCUT2D eigenvalue weighted by molar-refractivity contribution is -0.121. The van der Waals surface area contributed by atoms with E-state index < -0.39 is 0 Å². The number of carbonyl (C=O) groups is 1. The summed E-state index contributed by atoms with van der Waals surface area (Å²) in [5, 5.41) is 11.4. The van der Waals surface area contributed by atoms with Gasteiger partial charge in [0.15, 0.2) is 11.5 Å². The lowest BCUT2D eigenvalue weighted by Crippen LogP contribution is -2.35. The molecule has 1 amide bonds. The van der Waals surface area contributed by atoms with Crippen LogP contribution in [0.15, 0.2) is 52.1 Å². The number of nitrogens with one attached hydrogen (secondary N) is 1. The smallest absolute Gasteiger partial charge is 0.277 e. The molecule has 2 aromatic carbocycles. The summed E-state index contributed by atoms with van der Waals surface area (Å²) in [6, 6.07) is 13.8. The third-order valence-electron chi connectivity index (χ3n) is 5.36. The van der Waals surface area contributed by atoms with Crippen LogP contribution in [-0.2, 0) is 11.2 Å². The van der Waals surface area contributed by atoms with E-state index in [0.29, 0.717) is 22.6 Å². The Labute approximate surface area is 178 Å². The van der Waals surface area contributed by atoms with E-state index in [-0.39, 0.29) is 24.0 Å². The summed E-state index contributed by atoms with van der Waals surface area (Å²) in [7, 11) is 0. The second kappa shape index (κ2) is 8.02. The molecule has 3 aromatic rings. The Morgan fingerprint density at radius 3 is 2.97 bits per heavy atom. The maximum absolute atomic E-state index is 12.8. The van der Waals surface area contributed by atoms with Crippen LogP contribution in [0.3, 0.4) is 0 Å². The van der Waals surface area contributed by atoms with Crippen molar-refractivity contribution >= 4 is 17.7 Å². The Kier molecular flexibility index (Phi) is 5.08. The van der Waals surface area contributed by atoms with Crippen LogP contribution in [0.25, 0.3) is 11.5 Å². The molecule has 1 aromatic heterocycles. The lowest BCUT2D eigenvalue weighted by atomic mass is 9.88. The molecule has 8 heteroatoms. The third-order valence-corrected chi connectivity index (χ3v) is 6.29. The predicted molar refractivity (Wildman–Crippen MR) is 111 cm³/mol. The number of amides is 1. The molecular formula is C22H21N3O4S. The van der Waals surface area contributed by atoms with Gasteiger partial charge in [-0.15, -0.1) is 10.2 Å². The van der Waals surface area contributed by atoms with Crippen LogP contribution in [0.4, 0.5) is 0 Å². The molecule has 0 spiro atoms. The molecular weight excluding hydrogens is 402 g/mol. The highest BCUT2D eigenvalue weighted by Gasteiger charge is 2.25. The van der Waals surface area contributed by atoms with Gasteiger partial charge >= 0.3 is 0 Å². The zero-order valence-corrected chi connectivity index (χ0v) is 17.3. The normalized spacial score (nSPS) is 18.0. The fraction of sp³-hybridized carbons (Fsp3) is 0.318. The number of nitrogens with zero attached hydrogens (tertiary/aromatic N) is 2. The van der Waals surface area contributed by atoms with Gasteiger partial charge in [-0.25, -0.2) is 0 Å². The highest BCUT2D eigenvalue weighted by atomic mass is 32.2. The second-order valence-electron chi connectivity index (χ2n) is 7.35. The Bertz CT molecular complexity index is 1080. The summed E-state index contributed by atoms with van der Waals surface area (Å²) in [5.74, 6) is 1.69. The van der Waals surface area contributed by atoms with E-state index in [1.807, 2.05) is 25.1 Å². The molecule has 0 fully saturated rings. The fourth-order valence-electron chi connectivity index (χ4n) is 3.80. The molecule has 1 aliphatic heterocycles. The van der Waals surface area contributed by atoms with Gasteiger partial charge in [-0.05, 0) is 55.5 Å². The first-order valence-electron chi connectivity index (χ1n) is 9.96. The second-order valence-corrected chi connectivity index (χ2v) is 8.65. The van der Waals surface area contributed by atoms with E-state index >= 15 is 0 Å². The summed E-state index contributed by atoms with van der Waals surface area (Å²) < 4.78 is 16.5. The molecule has 1 aliphatic carbocycles. The van der Waals surface area contributed by atoms with Crippen molar-refractivity contribution in [1.29, 1.82) is 0 Å². The van der Waals surface area contributed by atoms with Gasteiger partial charge in [0.1, 0.15) is 0 Å². The maximum Gasteiger partial charge on any atom is 0.277 e. The molecule has 0 radical (unpaired) electrons. The van der Waals surface area contributed by atoms with Gasteiger partial charge in [-0.3, -0.25) is 4.79 Å². The molecule has 2 heterocycles. The number of aromatic nitrogens is 2. The molecule has 30 heavy (non-hydrogen) atoms. The number of hydrogen-bond acceptors (Lipinski definition) is 7. The lowest BCUT2D eigenvalue weighted by Gasteiger charge is -2.27. The van der Waals surface area contributed by atoms with E-state index in [1.54, 1.807) is 6.07 Å². The topological polar surface area (TPSA) is 86.5 Å². The average Bonchev–Trinajstić information content (AvgIpc) is 3.42. The van der Waals surface area contributed by atoms with Crippen LogP contribution >= 0.6 is 11.8 Å². The van der Waals surface area contributed by atoms with Crippen LogP contribution in [0.2, 0.25) is 0 Å². The molecule has 5 rings (SSSR count). The van der Waals surface area contributed by atoms with Crippen molar-refractivity contribution in [2.75, 3.05) is 6.79 Å². The van der Waals surface area contributed by atoms with Crippen molar-refractivity contribution in [1.82, 2.24) is 15.5 Å². The zero-order chi connectivity index (χ0) is 20.5. The van der Waals surface area contributed by atoms with Gasteiger partial charge in [0.05, 0.1) is 11.3 Å². The molecule has 154 valence electrons. The molecule has 2 atom stereocenters. The van der Waals surface area contributed by atoms with Crippen molar-refractivity contribution < 1.29 is 18.7 Å². The van der Waals surface area contributed by atoms with Crippen LogP contribution in [-0.4, -0.2) is 28.1 Å². The summed E-state index contributed by atoms with van der Waals surface area (Å²) in [6.45, 7) is 2.06. The van der Waals surface area contributed by atoms with Gasteiger partial charge < -0.3 is 19.2 Å². The highest BCUT2D eigenvalue weighted by Crippen LogP contribution is 2.36. The molecule has 7 nitrogen and oxygen atoms in total.